The molecule has 0 fully saturated rings. The molecule has 0 unspecified atom stereocenters. The minimum atomic E-state index is -0.218. The van der Waals surface area contributed by atoms with E-state index in [1.165, 1.54) is 11.8 Å². The highest BCUT2D eigenvalue weighted by Crippen LogP contribution is 2.45. The molecule has 1 amide bonds. The Morgan fingerprint density at radius 3 is 2.24 bits per heavy atom. The molecule has 0 aliphatic carbocycles. The van der Waals surface area contributed by atoms with Gasteiger partial charge in [-0.2, -0.15) is 5.21 Å². The van der Waals surface area contributed by atoms with Gasteiger partial charge in [-0.3, -0.25) is 9.69 Å². The van der Waals surface area contributed by atoms with Crippen molar-refractivity contribution < 1.29 is 14.3 Å². The topological polar surface area (TPSA) is 93.2 Å². The Labute approximate surface area is 251 Å². The number of thioether (sulfide) groups is 1. The molecule has 0 saturated heterocycles. The van der Waals surface area contributed by atoms with Crippen LogP contribution in [-0.4, -0.2) is 33.3 Å². The summed E-state index contributed by atoms with van der Waals surface area (Å²) in [5.41, 5.74) is 4.55. The van der Waals surface area contributed by atoms with Crippen LogP contribution in [0.5, 0.6) is 5.75 Å². The van der Waals surface area contributed by atoms with Crippen LogP contribution in [0.4, 0.5) is 5.69 Å². The number of hydrogen-bond donors (Lipinski definition) is 1. The molecule has 1 aromatic heterocycles. The summed E-state index contributed by atoms with van der Waals surface area (Å²) >= 11 is 1.48. The fourth-order valence-electron chi connectivity index (χ4n) is 4.80. The third-order valence-corrected chi connectivity index (χ3v) is 8.02. The summed E-state index contributed by atoms with van der Waals surface area (Å²) in [6.07, 6.45) is 1.98. The lowest BCUT2D eigenvalue weighted by Gasteiger charge is -2.31. The summed E-state index contributed by atoms with van der Waals surface area (Å²) in [6, 6.07) is 22.2. The molecule has 0 radical (unpaired) electrons. The van der Waals surface area contributed by atoms with Gasteiger partial charge in [-0.1, -0.05) is 101 Å². The van der Waals surface area contributed by atoms with Crippen LogP contribution in [-0.2, 0) is 33.5 Å². The summed E-state index contributed by atoms with van der Waals surface area (Å²) in [5.74, 6) is 1.18. The second kappa shape index (κ2) is 12.1. The third-order valence-electron chi connectivity index (χ3n) is 6.94. The zero-order valence-electron chi connectivity index (χ0n) is 25.0. The molecule has 42 heavy (non-hydrogen) atoms. The van der Waals surface area contributed by atoms with Crippen LogP contribution in [0.15, 0.2) is 76.5 Å². The van der Waals surface area contributed by atoms with Crippen LogP contribution in [0, 0.1) is 0 Å². The van der Waals surface area contributed by atoms with Gasteiger partial charge >= 0.3 is 0 Å². The maximum atomic E-state index is 13.9. The predicted octanol–water partition coefficient (Wildman–Crippen LogP) is 7.03. The first-order valence-corrected chi connectivity index (χ1v) is 14.8. The Hall–Kier alpha value is -3.95. The number of carbonyl (C=O) groups is 1. The second-order valence-electron chi connectivity index (χ2n) is 12.3. The molecule has 0 spiro atoms. The first kappa shape index (κ1) is 29.5. The Balaban J connectivity index is 1.50. The normalized spacial score (nSPS) is 14.8. The minimum absolute atomic E-state index is 0.104. The first-order chi connectivity index (χ1) is 20.0. The fraction of sp³-hybridized carbons (Fsp3) is 0.333. The van der Waals surface area contributed by atoms with E-state index in [4.69, 9.17) is 9.47 Å². The molecule has 9 heteroatoms. The number of tetrazole rings is 1. The Morgan fingerprint density at radius 1 is 0.929 bits per heavy atom. The third kappa shape index (κ3) is 6.74. The monoisotopic (exact) mass is 583 g/mol. The van der Waals surface area contributed by atoms with Crippen molar-refractivity contribution in [1.29, 1.82) is 0 Å². The molecule has 0 bridgehead atoms. The van der Waals surface area contributed by atoms with E-state index >= 15 is 0 Å². The van der Waals surface area contributed by atoms with Crippen LogP contribution in [0.25, 0.3) is 6.08 Å². The standard InChI is InChI=1S/C33H37N5O3S/c1-32(2,3)24-16-23(17-25(33(4,5)6)30(24)41-21-40-20-22-12-8-7-9-13-22)18-28-31(39)38(19-29-34-36-37-35-29)26-14-10-11-15-27(26)42-28/h7-18H,19-21H2,1-6H3,(H,34,35,36,37)/b28-18-. The van der Waals surface area contributed by atoms with Crippen molar-refractivity contribution in [3.63, 3.8) is 0 Å². The van der Waals surface area contributed by atoms with E-state index < -0.39 is 0 Å². The summed E-state index contributed by atoms with van der Waals surface area (Å²) in [6.45, 7) is 13.9. The first-order valence-electron chi connectivity index (χ1n) is 14.0. The lowest BCUT2D eigenvalue weighted by molar-refractivity contribution is -0.114. The highest BCUT2D eigenvalue weighted by Gasteiger charge is 2.32. The van der Waals surface area contributed by atoms with E-state index in [1.807, 2.05) is 60.7 Å². The van der Waals surface area contributed by atoms with Gasteiger partial charge in [0.2, 0.25) is 0 Å². The zero-order chi connectivity index (χ0) is 29.9. The predicted molar refractivity (Wildman–Crippen MR) is 166 cm³/mol. The van der Waals surface area contributed by atoms with Crippen molar-refractivity contribution in [2.75, 3.05) is 11.7 Å². The lowest BCUT2D eigenvalue weighted by atomic mass is 9.78. The molecule has 3 aromatic carbocycles. The van der Waals surface area contributed by atoms with Crippen molar-refractivity contribution in [1.82, 2.24) is 20.6 Å². The Kier molecular flexibility index (Phi) is 8.52. The Bertz CT molecular complexity index is 1540. The summed E-state index contributed by atoms with van der Waals surface area (Å²) < 4.78 is 12.3. The van der Waals surface area contributed by atoms with Crippen LogP contribution in [0.2, 0.25) is 0 Å². The number of benzene rings is 3. The molecule has 0 atom stereocenters. The number of H-pyrrole nitrogens is 1. The number of anilines is 1. The molecule has 1 N–H and O–H groups in total. The second-order valence-corrected chi connectivity index (χ2v) is 13.4. The number of carbonyl (C=O) groups excluding carboxylic acids is 1. The summed E-state index contributed by atoms with van der Waals surface area (Å²) in [7, 11) is 0. The van der Waals surface area contributed by atoms with Gasteiger partial charge in [0, 0.05) is 16.0 Å². The van der Waals surface area contributed by atoms with E-state index in [1.54, 1.807) is 4.90 Å². The molecule has 0 saturated carbocycles. The zero-order valence-corrected chi connectivity index (χ0v) is 25.8. The number of aromatic amines is 1. The van der Waals surface area contributed by atoms with E-state index in [9.17, 15) is 4.79 Å². The smallest absolute Gasteiger partial charge is 0.265 e. The molecule has 8 nitrogen and oxygen atoms in total. The maximum absolute atomic E-state index is 13.9. The lowest BCUT2D eigenvalue weighted by Crippen LogP contribution is -2.34. The van der Waals surface area contributed by atoms with Crippen LogP contribution >= 0.6 is 11.8 Å². The molecule has 1 aliphatic heterocycles. The van der Waals surface area contributed by atoms with Crippen LogP contribution in [0.3, 0.4) is 0 Å². The van der Waals surface area contributed by atoms with Crippen molar-refractivity contribution in [3.8, 4) is 5.75 Å². The molecular formula is C33H37N5O3S. The number of ether oxygens (including phenoxy) is 2. The number of amides is 1. The average molecular weight is 584 g/mol. The number of hydrogen-bond acceptors (Lipinski definition) is 7. The van der Waals surface area contributed by atoms with Gasteiger partial charge in [0.15, 0.2) is 12.6 Å². The van der Waals surface area contributed by atoms with E-state index in [2.05, 4.69) is 74.3 Å². The molecule has 218 valence electrons. The SMILES string of the molecule is CC(C)(C)c1cc(/C=C2\Sc3ccccc3N(Cc3nn[nH]n3)C2=O)cc(C(C)(C)C)c1OCOCc1ccccc1. The van der Waals surface area contributed by atoms with Gasteiger partial charge < -0.3 is 9.47 Å². The fourth-order valence-corrected chi connectivity index (χ4v) is 5.86. The van der Waals surface area contributed by atoms with Crippen molar-refractivity contribution >= 4 is 29.4 Å². The van der Waals surface area contributed by atoms with Gasteiger partial charge in [0.1, 0.15) is 5.75 Å². The van der Waals surface area contributed by atoms with Gasteiger partial charge in [0.05, 0.1) is 23.7 Å². The molecule has 2 heterocycles. The highest BCUT2D eigenvalue weighted by molar-refractivity contribution is 8.04. The van der Waals surface area contributed by atoms with Crippen molar-refractivity contribution in [3.05, 3.63) is 99.7 Å². The molecular weight excluding hydrogens is 546 g/mol. The van der Waals surface area contributed by atoms with Gasteiger partial charge in [-0.05, 0) is 52.3 Å². The average Bonchev–Trinajstić information content (AvgIpc) is 3.46. The molecule has 1 aliphatic rings. The maximum Gasteiger partial charge on any atom is 0.265 e. The summed E-state index contributed by atoms with van der Waals surface area (Å²) in [4.78, 5) is 17.2. The molecule has 4 aromatic rings. The number of nitrogens with zero attached hydrogens (tertiary/aromatic N) is 4. The van der Waals surface area contributed by atoms with Gasteiger partial charge in [0.25, 0.3) is 5.91 Å². The number of rotatable bonds is 8. The number of para-hydroxylation sites is 1. The van der Waals surface area contributed by atoms with E-state index in [-0.39, 0.29) is 30.1 Å². The van der Waals surface area contributed by atoms with Crippen LogP contribution in [0.1, 0.15) is 69.6 Å². The van der Waals surface area contributed by atoms with Crippen molar-refractivity contribution in [2.24, 2.45) is 0 Å². The number of fused-ring (bicyclic) bond motifs is 1. The van der Waals surface area contributed by atoms with E-state index in [0.29, 0.717) is 17.3 Å². The Morgan fingerprint density at radius 2 is 1.60 bits per heavy atom. The quantitative estimate of drug-likeness (QED) is 0.135. The highest BCUT2D eigenvalue weighted by atomic mass is 32.2. The number of aromatic nitrogens is 4. The minimum Gasteiger partial charge on any atom is -0.467 e. The van der Waals surface area contributed by atoms with Gasteiger partial charge in [-0.25, -0.2) is 0 Å². The largest absolute Gasteiger partial charge is 0.467 e. The number of nitrogens with one attached hydrogen (secondary N) is 1. The molecule has 5 rings (SSSR count). The van der Waals surface area contributed by atoms with E-state index in [0.717, 1.165) is 38.6 Å². The summed E-state index contributed by atoms with van der Waals surface area (Å²) in [5, 5.41) is 14.3. The van der Waals surface area contributed by atoms with Gasteiger partial charge in [-0.15, -0.1) is 10.2 Å². The van der Waals surface area contributed by atoms with Crippen LogP contribution < -0.4 is 9.64 Å². The van der Waals surface area contributed by atoms with Crippen molar-refractivity contribution in [2.45, 2.75) is 70.4 Å².